The van der Waals surface area contributed by atoms with Gasteiger partial charge in [0, 0.05) is 12.6 Å². The summed E-state index contributed by atoms with van der Waals surface area (Å²) in [6.07, 6.45) is 3.13. The number of hydrazine groups is 1. The molecular formula is C12H14F2N4. The van der Waals surface area contributed by atoms with Gasteiger partial charge in [-0.1, -0.05) is 12.1 Å². The topological polar surface area (TPSA) is 55.9 Å². The van der Waals surface area contributed by atoms with Crippen LogP contribution in [0.1, 0.15) is 22.9 Å². The number of hydrogen-bond donors (Lipinski definition) is 2. The Labute approximate surface area is 103 Å². The molecule has 3 N–H and O–H groups in total. The summed E-state index contributed by atoms with van der Waals surface area (Å²) >= 11 is 0. The third kappa shape index (κ3) is 2.00. The van der Waals surface area contributed by atoms with E-state index in [2.05, 4.69) is 10.4 Å². The second kappa shape index (κ2) is 4.83. The number of benzene rings is 1. The Hall–Kier alpha value is -1.79. The molecular weight excluding hydrogens is 238 g/mol. The van der Waals surface area contributed by atoms with Gasteiger partial charge in [-0.05, 0) is 12.5 Å². The van der Waals surface area contributed by atoms with Crippen molar-refractivity contribution in [3.05, 3.63) is 53.1 Å². The van der Waals surface area contributed by atoms with Crippen molar-refractivity contribution in [1.29, 1.82) is 0 Å². The molecule has 0 fully saturated rings. The summed E-state index contributed by atoms with van der Waals surface area (Å²) in [4.78, 5) is 3.94. The number of nitrogens with one attached hydrogen (secondary N) is 1. The number of rotatable bonds is 3. The van der Waals surface area contributed by atoms with Crippen molar-refractivity contribution in [3.63, 3.8) is 0 Å². The third-order valence-corrected chi connectivity index (χ3v) is 2.93. The highest BCUT2D eigenvalue weighted by atomic mass is 19.2. The van der Waals surface area contributed by atoms with Gasteiger partial charge in [-0.15, -0.1) is 0 Å². The van der Waals surface area contributed by atoms with Gasteiger partial charge in [-0.3, -0.25) is 5.84 Å². The monoisotopic (exact) mass is 252 g/mol. The van der Waals surface area contributed by atoms with Gasteiger partial charge in [0.1, 0.15) is 0 Å². The molecule has 18 heavy (non-hydrogen) atoms. The highest BCUT2D eigenvalue weighted by molar-refractivity contribution is 5.32. The molecule has 0 spiro atoms. The smallest absolute Gasteiger partial charge is 0.164 e. The van der Waals surface area contributed by atoms with Gasteiger partial charge in [0.15, 0.2) is 11.6 Å². The second-order valence-corrected chi connectivity index (χ2v) is 4.13. The van der Waals surface area contributed by atoms with E-state index in [1.807, 2.05) is 0 Å². The third-order valence-electron chi connectivity index (χ3n) is 2.93. The largest absolute Gasteiger partial charge is 0.336 e. The minimum atomic E-state index is -0.890. The lowest BCUT2D eigenvalue weighted by atomic mass is 10.0. The SMILES string of the molecule is Cc1ccc(C(NN)c2cncn2C)c(F)c1F. The normalized spacial score (nSPS) is 12.7. The van der Waals surface area contributed by atoms with Crippen molar-refractivity contribution in [2.24, 2.45) is 12.9 Å². The molecule has 96 valence electrons. The van der Waals surface area contributed by atoms with Gasteiger partial charge < -0.3 is 4.57 Å². The van der Waals surface area contributed by atoms with E-state index in [0.717, 1.165) is 0 Å². The first kappa shape index (κ1) is 12.7. The average Bonchev–Trinajstić information content (AvgIpc) is 2.77. The highest BCUT2D eigenvalue weighted by Crippen LogP contribution is 2.26. The summed E-state index contributed by atoms with van der Waals surface area (Å²) in [6.45, 7) is 1.51. The Morgan fingerprint density at radius 2 is 2.06 bits per heavy atom. The molecule has 2 aromatic rings. The number of nitrogens with zero attached hydrogens (tertiary/aromatic N) is 2. The number of halogens is 2. The summed E-state index contributed by atoms with van der Waals surface area (Å²) in [5.74, 6) is 3.70. The lowest BCUT2D eigenvalue weighted by Crippen LogP contribution is -2.31. The van der Waals surface area contributed by atoms with E-state index in [0.29, 0.717) is 5.69 Å². The first-order valence-corrected chi connectivity index (χ1v) is 5.43. The molecule has 0 radical (unpaired) electrons. The van der Waals surface area contributed by atoms with E-state index in [1.54, 1.807) is 24.1 Å². The van der Waals surface area contributed by atoms with Gasteiger partial charge in [-0.25, -0.2) is 19.2 Å². The number of aromatic nitrogens is 2. The van der Waals surface area contributed by atoms with Crippen LogP contribution in [-0.2, 0) is 7.05 Å². The first-order valence-electron chi connectivity index (χ1n) is 5.43. The van der Waals surface area contributed by atoms with Crippen molar-refractivity contribution >= 4 is 0 Å². The molecule has 0 bridgehead atoms. The van der Waals surface area contributed by atoms with Gasteiger partial charge in [-0.2, -0.15) is 0 Å². The van der Waals surface area contributed by atoms with Gasteiger partial charge in [0.05, 0.1) is 24.3 Å². The van der Waals surface area contributed by atoms with Crippen molar-refractivity contribution in [1.82, 2.24) is 15.0 Å². The lowest BCUT2D eigenvalue weighted by molar-refractivity contribution is 0.474. The molecule has 1 unspecified atom stereocenters. The molecule has 1 atom stereocenters. The van der Waals surface area contributed by atoms with Gasteiger partial charge in [0.2, 0.25) is 0 Å². The maximum absolute atomic E-state index is 13.9. The van der Waals surface area contributed by atoms with Crippen molar-refractivity contribution < 1.29 is 8.78 Å². The summed E-state index contributed by atoms with van der Waals surface area (Å²) in [5.41, 5.74) is 3.55. The zero-order valence-corrected chi connectivity index (χ0v) is 10.1. The van der Waals surface area contributed by atoms with Crippen LogP contribution in [0.2, 0.25) is 0 Å². The lowest BCUT2D eigenvalue weighted by Gasteiger charge is -2.18. The Balaban J connectivity index is 2.53. The highest BCUT2D eigenvalue weighted by Gasteiger charge is 2.22. The minimum Gasteiger partial charge on any atom is -0.336 e. The van der Waals surface area contributed by atoms with Crippen LogP contribution in [0.5, 0.6) is 0 Å². The van der Waals surface area contributed by atoms with E-state index in [-0.39, 0.29) is 11.1 Å². The van der Waals surface area contributed by atoms with Crippen LogP contribution in [0.15, 0.2) is 24.7 Å². The van der Waals surface area contributed by atoms with Crippen LogP contribution >= 0.6 is 0 Å². The van der Waals surface area contributed by atoms with E-state index in [1.165, 1.54) is 19.1 Å². The van der Waals surface area contributed by atoms with Crippen molar-refractivity contribution in [3.8, 4) is 0 Å². The molecule has 1 aromatic heterocycles. The fourth-order valence-corrected chi connectivity index (χ4v) is 1.86. The molecule has 1 heterocycles. The molecule has 0 amide bonds. The maximum atomic E-state index is 13.9. The standard InChI is InChI=1S/C12H14F2N4/c1-7-3-4-8(11(14)10(7)13)12(17-15)9-5-16-6-18(9)2/h3-6,12,17H,15H2,1-2H3. The Kier molecular flexibility index (Phi) is 3.40. The minimum absolute atomic E-state index is 0.157. The molecule has 0 aliphatic rings. The number of imidazole rings is 1. The van der Waals surface area contributed by atoms with Crippen molar-refractivity contribution in [2.45, 2.75) is 13.0 Å². The predicted molar refractivity (Wildman–Crippen MR) is 63.5 cm³/mol. The Morgan fingerprint density at radius 3 is 2.61 bits per heavy atom. The van der Waals surface area contributed by atoms with Crippen molar-refractivity contribution in [2.75, 3.05) is 0 Å². The summed E-state index contributed by atoms with van der Waals surface area (Å²) in [5, 5.41) is 0. The quantitative estimate of drug-likeness (QED) is 0.644. The molecule has 4 nitrogen and oxygen atoms in total. The molecule has 0 aliphatic heterocycles. The molecule has 0 saturated carbocycles. The summed E-state index contributed by atoms with van der Waals surface area (Å²) < 4.78 is 29.2. The van der Waals surface area contributed by atoms with E-state index in [4.69, 9.17) is 5.84 Å². The van der Waals surface area contributed by atoms with Crippen LogP contribution in [0.4, 0.5) is 8.78 Å². The molecule has 2 rings (SSSR count). The second-order valence-electron chi connectivity index (χ2n) is 4.13. The Morgan fingerprint density at radius 1 is 1.33 bits per heavy atom. The number of aryl methyl sites for hydroxylation is 2. The number of nitrogens with two attached hydrogens (primary N) is 1. The molecule has 0 aliphatic carbocycles. The van der Waals surface area contributed by atoms with Gasteiger partial charge in [0.25, 0.3) is 0 Å². The fourth-order valence-electron chi connectivity index (χ4n) is 1.86. The van der Waals surface area contributed by atoms with E-state index in [9.17, 15) is 8.78 Å². The van der Waals surface area contributed by atoms with Crippen LogP contribution in [0.3, 0.4) is 0 Å². The van der Waals surface area contributed by atoms with Gasteiger partial charge >= 0.3 is 0 Å². The Bertz CT molecular complexity index is 565. The summed E-state index contributed by atoms with van der Waals surface area (Å²) in [7, 11) is 1.76. The average molecular weight is 252 g/mol. The predicted octanol–water partition coefficient (Wildman–Crippen LogP) is 1.56. The first-order chi connectivity index (χ1) is 8.56. The maximum Gasteiger partial charge on any atom is 0.164 e. The van der Waals surface area contributed by atoms with E-state index >= 15 is 0 Å². The zero-order valence-electron chi connectivity index (χ0n) is 10.1. The van der Waals surface area contributed by atoms with Crippen LogP contribution in [0.25, 0.3) is 0 Å². The molecule has 0 saturated heterocycles. The zero-order chi connectivity index (χ0) is 13.3. The molecule has 6 heteroatoms. The van der Waals surface area contributed by atoms with Crippen LogP contribution in [0, 0.1) is 18.6 Å². The number of hydrogen-bond acceptors (Lipinski definition) is 3. The molecule has 1 aromatic carbocycles. The summed E-state index contributed by atoms with van der Waals surface area (Å²) in [6, 6.07) is 2.40. The van der Waals surface area contributed by atoms with E-state index < -0.39 is 17.7 Å². The van der Waals surface area contributed by atoms with Crippen LogP contribution < -0.4 is 11.3 Å². The fraction of sp³-hybridized carbons (Fsp3) is 0.250. The van der Waals surface area contributed by atoms with Crippen LogP contribution in [-0.4, -0.2) is 9.55 Å².